The molecule has 0 aliphatic carbocycles. The first kappa shape index (κ1) is 11.1. The fourth-order valence-corrected chi connectivity index (χ4v) is 2.32. The maximum Gasteiger partial charge on any atom is 0.231 e. The van der Waals surface area contributed by atoms with Gasteiger partial charge in [-0.2, -0.15) is 4.98 Å². The number of hydrogen-bond acceptors (Lipinski definition) is 6. The third-order valence-electron chi connectivity index (χ3n) is 3.19. The number of anilines is 1. The van der Waals surface area contributed by atoms with Gasteiger partial charge in [-0.25, -0.2) is 4.98 Å². The number of hydrogen-bond donors (Lipinski definition) is 0. The van der Waals surface area contributed by atoms with E-state index >= 15 is 0 Å². The molecular formula is C12H15N5O. The van der Waals surface area contributed by atoms with Gasteiger partial charge in [-0.1, -0.05) is 5.16 Å². The second-order valence-corrected chi connectivity index (χ2v) is 4.53. The largest absolute Gasteiger partial charge is 0.355 e. The summed E-state index contributed by atoms with van der Waals surface area (Å²) in [5.41, 5.74) is 0. The lowest BCUT2D eigenvalue weighted by Crippen LogP contribution is -2.35. The van der Waals surface area contributed by atoms with Crippen LogP contribution in [0.4, 0.5) is 5.82 Å². The van der Waals surface area contributed by atoms with Crippen molar-refractivity contribution in [3.8, 4) is 0 Å². The normalized spacial score (nSPS) is 20.1. The molecule has 1 fully saturated rings. The Labute approximate surface area is 105 Å². The Bertz CT molecular complexity index is 512. The average molecular weight is 245 g/mol. The number of piperidine rings is 1. The Hall–Kier alpha value is -1.98. The van der Waals surface area contributed by atoms with Crippen LogP contribution < -0.4 is 4.90 Å². The zero-order valence-corrected chi connectivity index (χ0v) is 10.3. The number of aryl methyl sites for hydroxylation is 1. The van der Waals surface area contributed by atoms with Gasteiger partial charge in [0.25, 0.3) is 0 Å². The molecule has 94 valence electrons. The summed E-state index contributed by atoms with van der Waals surface area (Å²) in [6.45, 7) is 3.71. The van der Waals surface area contributed by atoms with E-state index in [1.54, 1.807) is 18.6 Å². The molecule has 1 aliphatic heterocycles. The van der Waals surface area contributed by atoms with E-state index in [-0.39, 0.29) is 0 Å². The molecule has 0 amide bonds. The first-order valence-electron chi connectivity index (χ1n) is 6.14. The lowest BCUT2D eigenvalue weighted by atomic mass is 9.98. The third kappa shape index (κ3) is 2.18. The van der Waals surface area contributed by atoms with E-state index in [1.165, 1.54) is 0 Å². The van der Waals surface area contributed by atoms with Crippen LogP contribution in [0.25, 0.3) is 0 Å². The quantitative estimate of drug-likeness (QED) is 0.799. The van der Waals surface area contributed by atoms with Crippen molar-refractivity contribution in [3.05, 3.63) is 30.3 Å². The predicted octanol–water partition coefficient (Wildman–Crippen LogP) is 1.55. The Morgan fingerprint density at radius 1 is 1.39 bits per heavy atom. The van der Waals surface area contributed by atoms with Crippen LogP contribution in [0.5, 0.6) is 0 Å². The highest BCUT2D eigenvalue weighted by Crippen LogP contribution is 2.27. The smallest absolute Gasteiger partial charge is 0.231 e. The highest BCUT2D eigenvalue weighted by Gasteiger charge is 2.26. The number of nitrogens with zero attached hydrogens (tertiary/aromatic N) is 5. The van der Waals surface area contributed by atoms with E-state index in [4.69, 9.17) is 4.52 Å². The second kappa shape index (κ2) is 4.72. The molecule has 0 bridgehead atoms. The van der Waals surface area contributed by atoms with Gasteiger partial charge < -0.3 is 9.42 Å². The third-order valence-corrected chi connectivity index (χ3v) is 3.19. The van der Waals surface area contributed by atoms with Gasteiger partial charge >= 0.3 is 0 Å². The van der Waals surface area contributed by atoms with Gasteiger partial charge in [0.2, 0.25) is 5.89 Å². The van der Waals surface area contributed by atoms with Gasteiger partial charge in [-0.3, -0.25) is 4.98 Å². The molecule has 1 aliphatic rings. The maximum atomic E-state index is 5.26. The summed E-state index contributed by atoms with van der Waals surface area (Å²) < 4.78 is 5.26. The van der Waals surface area contributed by atoms with Crippen LogP contribution in [0, 0.1) is 6.92 Å². The summed E-state index contributed by atoms with van der Waals surface area (Å²) in [7, 11) is 0. The maximum absolute atomic E-state index is 5.26. The first-order valence-corrected chi connectivity index (χ1v) is 6.14. The monoisotopic (exact) mass is 245 g/mol. The Morgan fingerprint density at radius 2 is 2.33 bits per heavy atom. The minimum Gasteiger partial charge on any atom is -0.355 e. The summed E-state index contributed by atoms with van der Waals surface area (Å²) in [5, 5.41) is 3.86. The zero-order valence-electron chi connectivity index (χ0n) is 10.3. The van der Waals surface area contributed by atoms with E-state index in [0.717, 1.165) is 37.6 Å². The van der Waals surface area contributed by atoms with Gasteiger partial charge in [0.15, 0.2) is 5.82 Å². The number of aromatic nitrogens is 4. The van der Waals surface area contributed by atoms with Crippen LogP contribution in [-0.2, 0) is 0 Å². The van der Waals surface area contributed by atoms with Crippen molar-refractivity contribution in [2.45, 2.75) is 25.7 Å². The summed E-state index contributed by atoms with van der Waals surface area (Å²) in [6.07, 6.45) is 7.38. The first-order chi connectivity index (χ1) is 8.83. The minimum absolute atomic E-state index is 0.293. The molecule has 3 rings (SSSR count). The molecule has 0 radical (unpaired) electrons. The molecule has 6 heteroatoms. The average Bonchev–Trinajstić information content (AvgIpc) is 2.87. The van der Waals surface area contributed by atoms with Crippen molar-refractivity contribution in [2.75, 3.05) is 18.0 Å². The van der Waals surface area contributed by atoms with Crippen molar-refractivity contribution in [3.63, 3.8) is 0 Å². The van der Waals surface area contributed by atoms with E-state index in [1.807, 2.05) is 6.92 Å². The highest BCUT2D eigenvalue weighted by atomic mass is 16.5. The van der Waals surface area contributed by atoms with Crippen LogP contribution in [0.2, 0.25) is 0 Å². The van der Waals surface area contributed by atoms with Gasteiger partial charge in [-0.05, 0) is 19.8 Å². The molecule has 0 N–H and O–H groups in total. The summed E-state index contributed by atoms with van der Waals surface area (Å²) in [6, 6.07) is 0. The minimum atomic E-state index is 0.293. The summed E-state index contributed by atoms with van der Waals surface area (Å²) in [5.74, 6) is 2.64. The van der Waals surface area contributed by atoms with Crippen molar-refractivity contribution < 1.29 is 4.52 Å². The molecule has 1 atom stereocenters. The number of rotatable bonds is 2. The van der Waals surface area contributed by atoms with Crippen LogP contribution in [0.3, 0.4) is 0 Å². The molecule has 1 unspecified atom stereocenters. The SMILES string of the molecule is Cc1noc(C2CCCN(c3cnccn3)C2)n1. The van der Waals surface area contributed by atoms with E-state index in [0.29, 0.717) is 11.7 Å². The van der Waals surface area contributed by atoms with Crippen LogP contribution in [-0.4, -0.2) is 33.2 Å². The van der Waals surface area contributed by atoms with E-state index in [2.05, 4.69) is 25.0 Å². The summed E-state index contributed by atoms with van der Waals surface area (Å²) >= 11 is 0. The zero-order chi connectivity index (χ0) is 12.4. The molecule has 2 aromatic heterocycles. The molecule has 18 heavy (non-hydrogen) atoms. The fourth-order valence-electron chi connectivity index (χ4n) is 2.32. The van der Waals surface area contributed by atoms with Gasteiger partial charge in [0.1, 0.15) is 5.82 Å². The van der Waals surface area contributed by atoms with Gasteiger partial charge in [0, 0.05) is 25.5 Å². The van der Waals surface area contributed by atoms with E-state index in [9.17, 15) is 0 Å². The molecule has 6 nitrogen and oxygen atoms in total. The molecule has 0 aromatic carbocycles. The van der Waals surface area contributed by atoms with Crippen molar-refractivity contribution in [2.24, 2.45) is 0 Å². The fraction of sp³-hybridized carbons (Fsp3) is 0.500. The lowest BCUT2D eigenvalue weighted by molar-refractivity contribution is 0.331. The molecule has 3 heterocycles. The summed E-state index contributed by atoms with van der Waals surface area (Å²) in [4.78, 5) is 15.0. The van der Waals surface area contributed by atoms with Crippen molar-refractivity contribution in [1.29, 1.82) is 0 Å². The topological polar surface area (TPSA) is 67.9 Å². The van der Waals surface area contributed by atoms with Gasteiger partial charge in [0.05, 0.1) is 12.1 Å². The second-order valence-electron chi connectivity index (χ2n) is 4.53. The Kier molecular flexibility index (Phi) is 2.92. The molecule has 2 aromatic rings. The van der Waals surface area contributed by atoms with Gasteiger partial charge in [-0.15, -0.1) is 0 Å². The molecule has 0 saturated carbocycles. The molecule has 1 saturated heterocycles. The highest BCUT2D eigenvalue weighted by molar-refractivity contribution is 5.36. The Balaban J connectivity index is 1.76. The van der Waals surface area contributed by atoms with Crippen LogP contribution in [0.15, 0.2) is 23.1 Å². The molecule has 0 spiro atoms. The Morgan fingerprint density at radius 3 is 3.06 bits per heavy atom. The van der Waals surface area contributed by atoms with Crippen molar-refractivity contribution in [1.82, 2.24) is 20.1 Å². The standard InChI is InChI=1S/C12H15N5O/c1-9-15-12(18-16-9)10-3-2-6-17(8-10)11-7-13-4-5-14-11/h4-5,7,10H,2-3,6,8H2,1H3. The van der Waals surface area contributed by atoms with Crippen LogP contribution >= 0.6 is 0 Å². The lowest BCUT2D eigenvalue weighted by Gasteiger charge is -2.31. The van der Waals surface area contributed by atoms with Crippen molar-refractivity contribution >= 4 is 5.82 Å². The van der Waals surface area contributed by atoms with E-state index < -0.39 is 0 Å². The molecular weight excluding hydrogens is 230 g/mol. The predicted molar refractivity (Wildman–Crippen MR) is 65.3 cm³/mol. The van der Waals surface area contributed by atoms with Crippen LogP contribution in [0.1, 0.15) is 30.5 Å².